The fraction of sp³-hybridized carbons (Fsp3) is 0.125. The first-order valence-corrected chi connectivity index (χ1v) is 6.54. The van der Waals surface area contributed by atoms with Crippen LogP contribution in [0.2, 0.25) is 5.02 Å². The maximum Gasteiger partial charge on any atom is 0.150 e. The lowest BCUT2D eigenvalue weighted by atomic mass is 10.1. The van der Waals surface area contributed by atoms with Crippen LogP contribution in [0.4, 0.5) is 5.69 Å². The van der Waals surface area contributed by atoms with E-state index in [9.17, 15) is 0 Å². The lowest BCUT2D eigenvalue weighted by Gasteiger charge is -2.29. The number of likely N-dealkylation sites (N-methyl/N-ethyl adjacent to an activating group) is 1. The molecule has 2 aromatic carbocycles. The van der Waals surface area contributed by atoms with Crippen LogP contribution >= 0.6 is 11.6 Å². The summed E-state index contributed by atoms with van der Waals surface area (Å²) in [5.41, 5.74) is 2.17. The van der Waals surface area contributed by atoms with Crippen LogP contribution < -0.4 is 9.64 Å². The van der Waals surface area contributed by atoms with Crippen molar-refractivity contribution in [2.24, 2.45) is 0 Å². The van der Waals surface area contributed by atoms with Gasteiger partial charge < -0.3 is 9.64 Å². The van der Waals surface area contributed by atoms with Crippen molar-refractivity contribution >= 4 is 23.4 Å². The van der Waals surface area contributed by atoms with Gasteiger partial charge in [0.05, 0.1) is 12.2 Å². The van der Waals surface area contributed by atoms with Crippen LogP contribution in [0.3, 0.4) is 0 Å². The number of rotatable bonds is 1. The first kappa shape index (κ1) is 12.1. The fourth-order valence-electron chi connectivity index (χ4n) is 2.21. The molecule has 0 aliphatic carbocycles. The summed E-state index contributed by atoms with van der Waals surface area (Å²) in [5.74, 6) is 1.81. The molecule has 1 aliphatic heterocycles. The highest BCUT2D eigenvalue weighted by Gasteiger charge is 2.17. The third-order valence-corrected chi connectivity index (χ3v) is 3.32. The molecule has 2 nitrogen and oxygen atoms in total. The Kier molecular flexibility index (Phi) is 3.18. The zero-order valence-corrected chi connectivity index (χ0v) is 11.4. The SMILES string of the molecule is CN1C/C(=C/c2cccc(Cl)c2)Oc2ccccc21. The second-order valence-corrected chi connectivity index (χ2v) is 5.03. The Morgan fingerprint density at radius 2 is 2.00 bits per heavy atom. The number of nitrogens with zero attached hydrogens (tertiary/aromatic N) is 1. The van der Waals surface area contributed by atoms with Crippen LogP contribution in [0, 0.1) is 0 Å². The quantitative estimate of drug-likeness (QED) is 0.770. The summed E-state index contributed by atoms with van der Waals surface area (Å²) in [6.07, 6.45) is 2.03. The molecule has 19 heavy (non-hydrogen) atoms. The standard InChI is InChI=1S/C16H14ClNO/c1-18-11-14(10-12-5-4-6-13(17)9-12)19-16-8-3-2-7-15(16)18/h2-10H,11H2,1H3/b14-10-. The van der Waals surface area contributed by atoms with Gasteiger partial charge in [-0.25, -0.2) is 0 Å². The van der Waals surface area contributed by atoms with Gasteiger partial charge in [-0.3, -0.25) is 0 Å². The minimum atomic E-state index is 0.735. The molecular weight excluding hydrogens is 258 g/mol. The van der Waals surface area contributed by atoms with Crippen LogP contribution in [0.5, 0.6) is 5.75 Å². The van der Waals surface area contributed by atoms with E-state index in [0.717, 1.165) is 34.3 Å². The van der Waals surface area contributed by atoms with E-state index in [2.05, 4.69) is 18.0 Å². The minimum absolute atomic E-state index is 0.735. The van der Waals surface area contributed by atoms with Gasteiger partial charge in [-0.2, -0.15) is 0 Å². The molecule has 0 fully saturated rings. The number of hydrogen-bond donors (Lipinski definition) is 0. The Bertz CT molecular complexity index is 636. The predicted octanol–water partition coefficient (Wildman–Crippen LogP) is 4.21. The van der Waals surface area contributed by atoms with Gasteiger partial charge in [0.25, 0.3) is 0 Å². The number of anilines is 1. The smallest absolute Gasteiger partial charge is 0.150 e. The molecule has 0 unspecified atom stereocenters. The van der Waals surface area contributed by atoms with Gasteiger partial charge in [-0.15, -0.1) is 0 Å². The first-order valence-electron chi connectivity index (χ1n) is 6.16. The molecule has 0 N–H and O–H groups in total. The summed E-state index contributed by atoms with van der Waals surface area (Å²) in [6, 6.07) is 15.8. The van der Waals surface area contributed by atoms with E-state index in [1.807, 2.05) is 48.5 Å². The number of para-hydroxylation sites is 2. The maximum absolute atomic E-state index is 5.99. The van der Waals surface area contributed by atoms with Crippen LogP contribution in [0.15, 0.2) is 54.3 Å². The number of hydrogen-bond acceptors (Lipinski definition) is 2. The van der Waals surface area contributed by atoms with E-state index in [1.54, 1.807) is 0 Å². The molecule has 1 heterocycles. The van der Waals surface area contributed by atoms with Crippen LogP contribution in [-0.2, 0) is 0 Å². The highest BCUT2D eigenvalue weighted by molar-refractivity contribution is 6.30. The average Bonchev–Trinajstić information content (AvgIpc) is 2.39. The molecule has 0 amide bonds. The summed E-state index contributed by atoms with van der Waals surface area (Å²) >= 11 is 5.99. The van der Waals surface area contributed by atoms with Crippen molar-refractivity contribution in [3.63, 3.8) is 0 Å². The largest absolute Gasteiger partial charge is 0.458 e. The van der Waals surface area contributed by atoms with Crippen LogP contribution in [0.25, 0.3) is 6.08 Å². The molecular formula is C16H14ClNO. The lowest BCUT2D eigenvalue weighted by molar-refractivity contribution is 0.405. The number of fused-ring (bicyclic) bond motifs is 1. The molecule has 0 atom stereocenters. The molecule has 1 aliphatic rings. The lowest BCUT2D eigenvalue weighted by Crippen LogP contribution is -2.27. The zero-order chi connectivity index (χ0) is 13.2. The highest BCUT2D eigenvalue weighted by Crippen LogP contribution is 2.33. The van der Waals surface area contributed by atoms with Gasteiger partial charge in [0.15, 0.2) is 0 Å². The summed E-state index contributed by atoms with van der Waals surface area (Å²) in [4.78, 5) is 2.18. The monoisotopic (exact) mass is 271 g/mol. The molecule has 0 spiro atoms. The molecule has 0 saturated heterocycles. The number of halogens is 1. The predicted molar refractivity (Wildman–Crippen MR) is 79.8 cm³/mol. The van der Waals surface area contributed by atoms with Crippen molar-refractivity contribution in [2.75, 3.05) is 18.5 Å². The van der Waals surface area contributed by atoms with Gasteiger partial charge >= 0.3 is 0 Å². The highest BCUT2D eigenvalue weighted by atomic mass is 35.5. The maximum atomic E-state index is 5.99. The molecule has 0 saturated carbocycles. The topological polar surface area (TPSA) is 12.5 Å². The fourth-order valence-corrected chi connectivity index (χ4v) is 2.41. The number of ether oxygens (including phenoxy) is 1. The van der Waals surface area contributed by atoms with E-state index in [1.165, 1.54) is 0 Å². The van der Waals surface area contributed by atoms with Crippen molar-refractivity contribution < 1.29 is 4.74 Å². The van der Waals surface area contributed by atoms with Gasteiger partial charge in [-0.05, 0) is 35.9 Å². The van der Waals surface area contributed by atoms with E-state index >= 15 is 0 Å². The second kappa shape index (κ2) is 4.98. The zero-order valence-electron chi connectivity index (χ0n) is 10.6. The summed E-state index contributed by atoms with van der Waals surface area (Å²) in [5, 5.41) is 0.735. The van der Waals surface area contributed by atoms with E-state index in [0.29, 0.717) is 0 Å². The first-order chi connectivity index (χ1) is 9.22. The van der Waals surface area contributed by atoms with Gasteiger partial charge in [0, 0.05) is 12.1 Å². The molecule has 3 rings (SSSR count). The molecule has 0 aromatic heterocycles. The minimum Gasteiger partial charge on any atom is -0.458 e. The average molecular weight is 272 g/mol. The van der Waals surface area contributed by atoms with E-state index in [-0.39, 0.29) is 0 Å². The van der Waals surface area contributed by atoms with Crippen molar-refractivity contribution in [2.45, 2.75) is 0 Å². The van der Waals surface area contributed by atoms with Gasteiger partial charge in [0.2, 0.25) is 0 Å². The van der Waals surface area contributed by atoms with Crippen LogP contribution in [-0.4, -0.2) is 13.6 Å². The summed E-state index contributed by atoms with van der Waals surface area (Å²) < 4.78 is 5.92. The third-order valence-electron chi connectivity index (χ3n) is 3.09. The molecule has 0 radical (unpaired) electrons. The van der Waals surface area contributed by atoms with Crippen LogP contribution in [0.1, 0.15) is 5.56 Å². The van der Waals surface area contributed by atoms with Crippen molar-refractivity contribution in [1.82, 2.24) is 0 Å². The van der Waals surface area contributed by atoms with E-state index in [4.69, 9.17) is 16.3 Å². The Balaban J connectivity index is 1.93. The van der Waals surface area contributed by atoms with Crippen molar-refractivity contribution in [3.8, 4) is 5.75 Å². The third kappa shape index (κ3) is 2.59. The molecule has 2 aromatic rings. The van der Waals surface area contributed by atoms with Gasteiger partial charge in [-0.1, -0.05) is 35.9 Å². The van der Waals surface area contributed by atoms with Crippen molar-refractivity contribution in [1.29, 1.82) is 0 Å². The molecule has 3 heteroatoms. The normalized spacial score (nSPS) is 16.1. The molecule has 0 bridgehead atoms. The Labute approximate surface area is 117 Å². The Hall–Kier alpha value is -1.93. The summed E-state index contributed by atoms with van der Waals surface area (Å²) in [7, 11) is 2.06. The second-order valence-electron chi connectivity index (χ2n) is 4.59. The number of benzene rings is 2. The van der Waals surface area contributed by atoms with Gasteiger partial charge in [0.1, 0.15) is 11.5 Å². The Morgan fingerprint density at radius 3 is 2.84 bits per heavy atom. The Morgan fingerprint density at radius 1 is 1.16 bits per heavy atom. The van der Waals surface area contributed by atoms with Crippen molar-refractivity contribution in [3.05, 3.63) is 64.9 Å². The summed E-state index contributed by atoms with van der Waals surface area (Å²) in [6.45, 7) is 0.753. The van der Waals surface area contributed by atoms with E-state index < -0.39 is 0 Å². The molecule has 96 valence electrons.